The highest BCUT2D eigenvalue weighted by Gasteiger charge is 2.19. The van der Waals surface area contributed by atoms with Gasteiger partial charge in [0.2, 0.25) is 0 Å². The number of nitrogens with one attached hydrogen (secondary N) is 1. The van der Waals surface area contributed by atoms with Gasteiger partial charge in [-0.05, 0) is 31.3 Å². The lowest BCUT2D eigenvalue weighted by Gasteiger charge is -2.33. The first-order valence-corrected chi connectivity index (χ1v) is 4.68. The Morgan fingerprint density at radius 2 is 2.17 bits per heavy atom. The van der Waals surface area contributed by atoms with Crippen LogP contribution in [0.3, 0.4) is 0 Å². The fourth-order valence-corrected chi connectivity index (χ4v) is 1.99. The van der Waals surface area contributed by atoms with Crippen LogP contribution in [0.2, 0.25) is 0 Å². The zero-order valence-electron chi connectivity index (χ0n) is 7.34. The first-order chi connectivity index (χ1) is 5.90. The molecule has 12 heavy (non-hydrogen) atoms. The minimum atomic E-state index is 0.170. The SMILES string of the molecule is OCN1CNC2=C(CCCC2)C1. The molecule has 0 radical (unpaired) electrons. The topological polar surface area (TPSA) is 35.5 Å². The average Bonchev–Trinajstić information content (AvgIpc) is 2.17. The fourth-order valence-electron chi connectivity index (χ4n) is 1.99. The molecule has 0 aromatic heterocycles. The summed E-state index contributed by atoms with van der Waals surface area (Å²) < 4.78 is 0. The van der Waals surface area contributed by atoms with Crippen LogP contribution >= 0.6 is 0 Å². The van der Waals surface area contributed by atoms with Crippen LogP contribution in [-0.4, -0.2) is 30.0 Å². The second kappa shape index (κ2) is 3.46. The van der Waals surface area contributed by atoms with Crippen molar-refractivity contribution in [2.24, 2.45) is 0 Å². The highest BCUT2D eigenvalue weighted by Crippen LogP contribution is 2.25. The molecule has 3 nitrogen and oxygen atoms in total. The summed E-state index contributed by atoms with van der Waals surface area (Å²) in [5, 5.41) is 12.3. The molecule has 0 amide bonds. The summed E-state index contributed by atoms with van der Waals surface area (Å²) >= 11 is 0. The van der Waals surface area contributed by atoms with Crippen molar-refractivity contribution in [3.05, 3.63) is 11.3 Å². The highest BCUT2D eigenvalue weighted by molar-refractivity contribution is 5.19. The summed E-state index contributed by atoms with van der Waals surface area (Å²) in [5.41, 5.74) is 2.97. The first kappa shape index (κ1) is 8.08. The molecule has 0 aromatic carbocycles. The summed E-state index contributed by atoms with van der Waals surface area (Å²) in [4.78, 5) is 2.02. The van der Waals surface area contributed by atoms with E-state index in [-0.39, 0.29) is 6.73 Å². The van der Waals surface area contributed by atoms with Crippen LogP contribution < -0.4 is 5.32 Å². The standard InChI is InChI=1S/C9H16N2O/c12-7-11-5-8-3-1-2-4-9(8)10-6-11/h10,12H,1-7H2. The Bertz CT molecular complexity index is 201. The minimum absolute atomic E-state index is 0.170. The van der Waals surface area contributed by atoms with Crippen LogP contribution in [0, 0.1) is 0 Å². The van der Waals surface area contributed by atoms with Gasteiger partial charge in [0.1, 0.15) is 0 Å². The van der Waals surface area contributed by atoms with Crippen molar-refractivity contribution in [3.63, 3.8) is 0 Å². The maximum absolute atomic E-state index is 8.94. The van der Waals surface area contributed by atoms with E-state index in [0.29, 0.717) is 0 Å². The summed E-state index contributed by atoms with van der Waals surface area (Å²) in [6, 6.07) is 0. The molecule has 0 bridgehead atoms. The molecule has 68 valence electrons. The van der Waals surface area contributed by atoms with Crippen molar-refractivity contribution in [1.29, 1.82) is 0 Å². The zero-order valence-corrected chi connectivity index (χ0v) is 7.34. The summed E-state index contributed by atoms with van der Waals surface area (Å²) in [6.07, 6.45) is 5.08. The van der Waals surface area contributed by atoms with E-state index in [1.54, 1.807) is 0 Å². The van der Waals surface area contributed by atoms with Crippen molar-refractivity contribution < 1.29 is 5.11 Å². The normalized spacial score (nSPS) is 25.1. The van der Waals surface area contributed by atoms with Crippen molar-refractivity contribution in [3.8, 4) is 0 Å². The first-order valence-electron chi connectivity index (χ1n) is 4.68. The van der Waals surface area contributed by atoms with Gasteiger partial charge in [0.05, 0.1) is 13.4 Å². The number of hydrogen-bond donors (Lipinski definition) is 2. The lowest BCUT2D eigenvalue weighted by molar-refractivity contribution is 0.102. The monoisotopic (exact) mass is 168 g/mol. The predicted octanol–water partition coefficient (Wildman–Crippen LogP) is 0.627. The van der Waals surface area contributed by atoms with Gasteiger partial charge in [-0.15, -0.1) is 0 Å². The molecule has 3 heteroatoms. The summed E-state index contributed by atoms with van der Waals surface area (Å²) in [6.45, 7) is 1.96. The van der Waals surface area contributed by atoms with Crippen LogP contribution in [0.1, 0.15) is 25.7 Å². The largest absolute Gasteiger partial charge is 0.381 e. The average molecular weight is 168 g/mol. The van der Waals surface area contributed by atoms with Crippen LogP contribution in [0.5, 0.6) is 0 Å². The van der Waals surface area contributed by atoms with Crippen molar-refractivity contribution in [1.82, 2.24) is 10.2 Å². The van der Waals surface area contributed by atoms with Gasteiger partial charge in [-0.3, -0.25) is 4.90 Å². The van der Waals surface area contributed by atoms with E-state index in [1.165, 1.54) is 37.0 Å². The maximum Gasteiger partial charge on any atom is 0.0973 e. The summed E-state index contributed by atoms with van der Waals surface area (Å²) in [7, 11) is 0. The number of nitrogens with zero attached hydrogens (tertiary/aromatic N) is 1. The van der Waals surface area contributed by atoms with Crippen molar-refractivity contribution in [2.75, 3.05) is 19.9 Å². The third kappa shape index (κ3) is 1.47. The zero-order chi connectivity index (χ0) is 8.39. The van der Waals surface area contributed by atoms with Gasteiger partial charge in [0, 0.05) is 12.2 Å². The fraction of sp³-hybridized carbons (Fsp3) is 0.778. The van der Waals surface area contributed by atoms with E-state index >= 15 is 0 Å². The van der Waals surface area contributed by atoms with Gasteiger partial charge in [0.15, 0.2) is 0 Å². The number of allylic oxidation sites excluding steroid dienone is 1. The molecule has 1 heterocycles. The molecular weight excluding hydrogens is 152 g/mol. The minimum Gasteiger partial charge on any atom is -0.381 e. The Hall–Kier alpha value is -0.540. The Kier molecular flexibility index (Phi) is 2.33. The van der Waals surface area contributed by atoms with E-state index < -0.39 is 0 Å². The molecule has 0 atom stereocenters. The lowest BCUT2D eigenvalue weighted by Crippen LogP contribution is -2.42. The van der Waals surface area contributed by atoms with Gasteiger partial charge in [-0.1, -0.05) is 0 Å². The van der Waals surface area contributed by atoms with E-state index in [4.69, 9.17) is 5.11 Å². The van der Waals surface area contributed by atoms with Crippen molar-refractivity contribution in [2.45, 2.75) is 25.7 Å². The maximum atomic E-state index is 8.94. The number of aliphatic hydroxyl groups is 1. The molecular formula is C9H16N2O. The Labute approximate surface area is 73.1 Å². The highest BCUT2D eigenvalue weighted by atomic mass is 16.3. The molecule has 2 aliphatic rings. The lowest BCUT2D eigenvalue weighted by atomic mass is 9.95. The molecule has 1 aliphatic carbocycles. The van der Waals surface area contributed by atoms with E-state index in [9.17, 15) is 0 Å². The van der Waals surface area contributed by atoms with Crippen LogP contribution in [0.15, 0.2) is 11.3 Å². The second-order valence-electron chi connectivity index (χ2n) is 3.59. The Morgan fingerprint density at radius 3 is 3.00 bits per heavy atom. The smallest absolute Gasteiger partial charge is 0.0973 e. The Morgan fingerprint density at radius 1 is 1.33 bits per heavy atom. The third-order valence-corrected chi connectivity index (χ3v) is 2.71. The van der Waals surface area contributed by atoms with E-state index in [1.807, 2.05) is 4.90 Å². The van der Waals surface area contributed by atoms with Gasteiger partial charge in [-0.2, -0.15) is 0 Å². The molecule has 0 saturated heterocycles. The predicted molar refractivity (Wildman–Crippen MR) is 47.3 cm³/mol. The van der Waals surface area contributed by atoms with Crippen LogP contribution in [-0.2, 0) is 0 Å². The van der Waals surface area contributed by atoms with Gasteiger partial charge >= 0.3 is 0 Å². The molecule has 1 aliphatic heterocycles. The van der Waals surface area contributed by atoms with Crippen LogP contribution in [0.4, 0.5) is 0 Å². The molecule has 0 fully saturated rings. The van der Waals surface area contributed by atoms with Gasteiger partial charge < -0.3 is 10.4 Å². The van der Waals surface area contributed by atoms with E-state index in [0.717, 1.165) is 13.2 Å². The molecule has 2 N–H and O–H groups in total. The van der Waals surface area contributed by atoms with Gasteiger partial charge in [0.25, 0.3) is 0 Å². The van der Waals surface area contributed by atoms with Gasteiger partial charge in [-0.25, -0.2) is 0 Å². The number of rotatable bonds is 1. The molecule has 0 aromatic rings. The summed E-state index contributed by atoms with van der Waals surface area (Å²) in [5.74, 6) is 0. The molecule has 0 spiro atoms. The second-order valence-corrected chi connectivity index (χ2v) is 3.59. The quantitative estimate of drug-likeness (QED) is 0.602. The van der Waals surface area contributed by atoms with E-state index in [2.05, 4.69) is 5.32 Å². The number of aliphatic hydroxyl groups excluding tert-OH is 1. The molecule has 0 saturated carbocycles. The third-order valence-electron chi connectivity index (χ3n) is 2.71. The molecule has 2 rings (SSSR count). The van der Waals surface area contributed by atoms with Crippen molar-refractivity contribution >= 4 is 0 Å². The number of hydrogen-bond acceptors (Lipinski definition) is 3. The Balaban J connectivity index is 2.05. The van der Waals surface area contributed by atoms with Crippen LogP contribution in [0.25, 0.3) is 0 Å². The molecule has 0 unspecified atom stereocenters.